The number of aryl methyl sites for hydroxylation is 1. The predicted molar refractivity (Wildman–Crippen MR) is 71.9 cm³/mol. The fraction of sp³-hybridized carbons (Fsp3) is 0.0714. The van der Waals surface area contributed by atoms with Gasteiger partial charge in [-0.1, -0.05) is 24.3 Å². The molecular formula is C14H12N4. The van der Waals surface area contributed by atoms with E-state index in [4.69, 9.17) is 5.73 Å². The topological polar surface area (TPSA) is 64.7 Å². The quantitative estimate of drug-likeness (QED) is 0.705. The summed E-state index contributed by atoms with van der Waals surface area (Å²) in [6, 6.07) is 11.8. The van der Waals surface area contributed by atoms with E-state index >= 15 is 0 Å². The average Bonchev–Trinajstić information content (AvgIpc) is 2.41. The molecular weight excluding hydrogens is 224 g/mol. The van der Waals surface area contributed by atoms with Crippen molar-refractivity contribution in [2.45, 2.75) is 6.92 Å². The minimum absolute atomic E-state index is 0.453. The number of fused-ring (bicyclic) bond motifs is 1. The Hall–Kier alpha value is -2.49. The van der Waals surface area contributed by atoms with E-state index in [0.717, 1.165) is 27.7 Å². The highest BCUT2D eigenvalue weighted by atomic mass is 15.1. The van der Waals surface area contributed by atoms with E-state index in [1.54, 1.807) is 0 Å². The lowest BCUT2D eigenvalue weighted by atomic mass is 10.1. The lowest BCUT2D eigenvalue weighted by molar-refractivity contribution is 1.06. The number of nitrogens with zero attached hydrogens (tertiary/aromatic N) is 3. The van der Waals surface area contributed by atoms with E-state index in [9.17, 15) is 0 Å². The molecule has 2 aromatic heterocycles. The molecule has 0 bridgehead atoms. The summed E-state index contributed by atoms with van der Waals surface area (Å²) in [5.74, 6) is 0.453. The van der Waals surface area contributed by atoms with Gasteiger partial charge in [0.15, 0.2) is 5.82 Å². The highest BCUT2D eigenvalue weighted by Gasteiger charge is 2.08. The second-order valence-electron chi connectivity index (χ2n) is 4.17. The maximum Gasteiger partial charge on any atom is 0.154 e. The fourth-order valence-corrected chi connectivity index (χ4v) is 1.95. The maximum atomic E-state index is 5.84. The van der Waals surface area contributed by atoms with Crippen LogP contribution in [0, 0.1) is 6.92 Å². The summed E-state index contributed by atoms with van der Waals surface area (Å²) in [7, 11) is 0. The Kier molecular flexibility index (Phi) is 2.41. The Bertz CT molecular complexity index is 705. The molecule has 0 aliphatic carbocycles. The van der Waals surface area contributed by atoms with Crippen LogP contribution < -0.4 is 5.73 Å². The van der Waals surface area contributed by atoms with Gasteiger partial charge in [0.25, 0.3) is 0 Å². The van der Waals surface area contributed by atoms with E-state index in [0.29, 0.717) is 5.82 Å². The van der Waals surface area contributed by atoms with Gasteiger partial charge < -0.3 is 5.73 Å². The van der Waals surface area contributed by atoms with Crippen molar-refractivity contribution in [3.05, 3.63) is 48.3 Å². The summed E-state index contributed by atoms with van der Waals surface area (Å²) < 4.78 is 0. The number of rotatable bonds is 1. The Morgan fingerprint density at radius 3 is 2.44 bits per heavy atom. The largest absolute Gasteiger partial charge is 0.382 e. The molecule has 0 unspecified atom stereocenters. The normalized spacial score (nSPS) is 10.7. The molecule has 0 amide bonds. The molecule has 0 aliphatic rings. The van der Waals surface area contributed by atoms with E-state index in [2.05, 4.69) is 15.2 Å². The minimum atomic E-state index is 0.453. The zero-order valence-electron chi connectivity index (χ0n) is 9.96. The van der Waals surface area contributed by atoms with Crippen LogP contribution in [0.25, 0.3) is 22.0 Å². The first-order valence-corrected chi connectivity index (χ1v) is 5.69. The van der Waals surface area contributed by atoms with E-state index in [-0.39, 0.29) is 0 Å². The summed E-state index contributed by atoms with van der Waals surface area (Å²) in [6.45, 7) is 1.95. The molecule has 4 heteroatoms. The summed E-state index contributed by atoms with van der Waals surface area (Å²) >= 11 is 0. The van der Waals surface area contributed by atoms with Crippen LogP contribution in [0.2, 0.25) is 0 Å². The molecule has 2 N–H and O–H groups in total. The summed E-state index contributed by atoms with van der Waals surface area (Å²) in [5, 5.41) is 10.1. The zero-order chi connectivity index (χ0) is 12.5. The number of nitrogen functional groups attached to an aromatic ring is 1. The minimum Gasteiger partial charge on any atom is -0.382 e. The Labute approximate surface area is 105 Å². The third kappa shape index (κ3) is 1.68. The molecule has 0 aliphatic heterocycles. The van der Waals surface area contributed by atoms with Crippen molar-refractivity contribution >= 4 is 16.6 Å². The SMILES string of the molecule is Cc1ccc(-c2nnc(N)c3ccccc23)cn1. The first-order valence-electron chi connectivity index (χ1n) is 5.69. The lowest BCUT2D eigenvalue weighted by Gasteiger charge is -2.06. The first kappa shape index (κ1) is 10.7. The van der Waals surface area contributed by atoms with E-state index in [1.807, 2.05) is 49.5 Å². The van der Waals surface area contributed by atoms with Crippen molar-refractivity contribution in [3.63, 3.8) is 0 Å². The van der Waals surface area contributed by atoms with E-state index in [1.165, 1.54) is 0 Å². The van der Waals surface area contributed by atoms with Gasteiger partial charge in [-0.25, -0.2) is 0 Å². The molecule has 0 fully saturated rings. The van der Waals surface area contributed by atoms with Gasteiger partial charge in [0.05, 0.1) is 0 Å². The van der Waals surface area contributed by atoms with Crippen LogP contribution in [-0.4, -0.2) is 15.2 Å². The van der Waals surface area contributed by atoms with Gasteiger partial charge in [-0.3, -0.25) is 4.98 Å². The van der Waals surface area contributed by atoms with Gasteiger partial charge in [-0.05, 0) is 19.1 Å². The number of aromatic nitrogens is 3. The van der Waals surface area contributed by atoms with Crippen LogP contribution in [0.5, 0.6) is 0 Å². The van der Waals surface area contributed by atoms with Crippen molar-refractivity contribution in [3.8, 4) is 11.3 Å². The smallest absolute Gasteiger partial charge is 0.154 e. The molecule has 0 saturated carbocycles. The molecule has 3 rings (SSSR count). The second-order valence-corrected chi connectivity index (χ2v) is 4.17. The third-order valence-corrected chi connectivity index (χ3v) is 2.90. The standard InChI is InChI=1S/C14H12N4/c1-9-6-7-10(8-16-9)13-11-4-2-3-5-12(11)14(15)18-17-13/h2-8H,1H3,(H2,15,18). The number of hydrogen-bond donors (Lipinski definition) is 1. The van der Waals surface area contributed by atoms with Crippen LogP contribution >= 0.6 is 0 Å². The molecule has 0 radical (unpaired) electrons. The zero-order valence-corrected chi connectivity index (χ0v) is 9.96. The van der Waals surface area contributed by atoms with Gasteiger partial charge in [-0.2, -0.15) is 0 Å². The molecule has 18 heavy (non-hydrogen) atoms. The van der Waals surface area contributed by atoms with Crippen LogP contribution in [0.1, 0.15) is 5.69 Å². The summed E-state index contributed by atoms with van der Waals surface area (Å²) in [4.78, 5) is 4.29. The number of nitrogens with two attached hydrogens (primary N) is 1. The molecule has 3 aromatic rings. The van der Waals surface area contributed by atoms with Crippen molar-refractivity contribution in [2.75, 3.05) is 5.73 Å². The number of hydrogen-bond acceptors (Lipinski definition) is 4. The molecule has 4 nitrogen and oxygen atoms in total. The monoisotopic (exact) mass is 236 g/mol. The van der Waals surface area contributed by atoms with Crippen molar-refractivity contribution in [1.29, 1.82) is 0 Å². The lowest BCUT2D eigenvalue weighted by Crippen LogP contribution is -1.97. The van der Waals surface area contributed by atoms with Crippen LogP contribution in [0.15, 0.2) is 42.6 Å². The maximum absolute atomic E-state index is 5.84. The molecule has 0 atom stereocenters. The van der Waals surface area contributed by atoms with Gasteiger partial charge in [0, 0.05) is 28.2 Å². The predicted octanol–water partition coefficient (Wildman–Crippen LogP) is 2.58. The van der Waals surface area contributed by atoms with Crippen molar-refractivity contribution in [2.24, 2.45) is 0 Å². The Balaban J connectivity index is 2.30. The van der Waals surface area contributed by atoms with Gasteiger partial charge in [0.2, 0.25) is 0 Å². The van der Waals surface area contributed by atoms with Crippen LogP contribution in [0.3, 0.4) is 0 Å². The van der Waals surface area contributed by atoms with Crippen molar-refractivity contribution in [1.82, 2.24) is 15.2 Å². The van der Waals surface area contributed by atoms with Crippen LogP contribution in [-0.2, 0) is 0 Å². The molecule has 0 spiro atoms. The number of pyridine rings is 1. The summed E-state index contributed by atoms with van der Waals surface area (Å²) in [6.07, 6.45) is 1.81. The van der Waals surface area contributed by atoms with Crippen LogP contribution in [0.4, 0.5) is 5.82 Å². The molecule has 2 heterocycles. The number of anilines is 1. The van der Waals surface area contributed by atoms with Gasteiger partial charge in [0.1, 0.15) is 5.69 Å². The summed E-state index contributed by atoms with van der Waals surface area (Å²) in [5.41, 5.74) is 8.58. The second kappa shape index (κ2) is 4.07. The molecule has 1 aromatic carbocycles. The molecule has 88 valence electrons. The van der Waals surface area contributed by atoms with Gasteiger partial charge in [-0.15, -0.1) is 10.2 Å². The highest BCUT2D eigenvalue weighted by Crippen LogP contribution is 2.27. The Morgan fingerprint density at radius 1 is 0.944 bits per heavy atom. The van der Waals surface area contributed by atoms with E-state index < -0.39 is 0 Å². The number of benzene rings is 1. The Morgan fingerprint density at radius 2 is 1.72 bits per heavy atom. The van der Waals surface area contributed by atoms with Crippen molar-refractivity contribution < 1.29 is 0 Å². The fourth-order valence-electron chi connectivity index (χ4n) is 1.95. The van der Waals surface area contributed by atoms with Gasteiger partial charge >= 0.3 is 0 Å². The first-order chi connectivity index (χ1) is 8.75. The third-order valence-electron chi connectivity index (χ3n) is 2.90. The molecule has 0 saturated heterocycles. The average molecular weight is 236 g/mol. The highest BCUT2D eigenvalue weighted by molar-refractivity contribution is 5.99.